The maximum atomic E-state index is 14.4. The van der Waals surface area contributed by atoms with Crippen molar-refractivity contribution in [2.24, 2.45) is 11.3 Å². The van der Waals surface area contributed by atoms with E-state index in [1.54, 1.807) is 0 Å². The molecule has 3 N–H and O–H groups in total. The van der Waals surface area contributed by atoms with Crippen molar-refractivity contribution >= 4 is 26.1 Å². The molecule has 3 aromatic rings. The Hall–Kier alpha value is -3.84. The summed E-state index contributed by atoms with van der Waals surface area (Å²) in [6.45, 7) is 3.89. The van der Waals surface area contributed by atoms with Crippen LogP contribution < -0.4 is 19.5 Å². The van der Waals surface area contributed by atoms with Crippen LogP contribution in [0.25, 0.3) is 0 Å². The van der Waals surface area contributed by atoms with E-state index >= 15 is 0 Å². The van der Waals surface area contributed by atoms with E-state index in [-0.39, 0.29) is 54.4 Å². The van der Waals surface area contributed by atoms with Crippen molar-refractivity contribution < 1.29 is 54.8 Å². The molecule has 3 heterocycles. The van der Waals surface area contributed by atoms with Crippen LogP contribution in [0.3, 0.4) is 0 Å². The first-order chi connectivity index (χ1) is 25.7. The summed E-state index contributed by atoms with van der Waals surface area (Å²) < 4.78 is 99.0. The van der Waals surface area contributed by atoms with Gasteiger partial charge >= 0.3 is 6.09 Å². The molecule has 0 spiro atoms. The van der Waals surface area contributed by atoms with E-state index in [1.165, 1.54) is 34.6 Å². The lowest BCUT2D eigenvalue weighted by atomic mass is 9.87. The van der Waals surface area contributed by atoms with Gasteiger partial charge in [0.2, 0.25) is 26.8 Å². The number of fused-ring (bicyclic) bond motifs is 2. The Bertz CT molecular complexity index is 1970. The molecule has 5 atom stereocenters. The number of ether oxygens (including phenoxy) is 5. The quantitative estimate of drug-likeness (QED) is 0.170. The van der Waals surface area contributed by atoms with Gasteiger partial charge in [-0.2, -0.15) is 4.31 Å². The number of nitrogens with zero attached hydrogens (tertiary/aromatic N) is 1. The largest absolute Gasteiger partial charge is 0.454 e. The van der Waals surface area contributed by atoms with Crippen LogP contribution in [-0.4, -0.2) is 96.5 Å². The molecule has 0 bridgehead atoms. The van der Waals surface area contributed by atoms with Crippen LogP contribution >= 0.6 is 0 Å². The summed E-state index contributed by atoms with van der Waals surface area (Å²) in [6.07, 6.45) is -1.56. The van der Waals surface area contributed by atoms with E-state index in [0.29, 0.717) is 31.6 Å². The van der Waals surface area contributed by atoms with E-state index in [1.807, 2.05) is 44.2 Å². The van der Waals surface area contributed by atoms with Crippen molar-refractivity contribution in [1.29, 1.82) is 0 Å². The van der Waals surface area contributed by atoms with Gasteiger partial charge in [0.1, 0.15) is 11.9 Å². The smallest absolute Gasteiger partial charge is 0.407 e. The van der Waals surface area contributed by atoms with E-state index in [4.69, 9.17) is 23.7 Å². The molecule has 6 rings (SSSR count). The third-order valence-electron chi connectivity index (χ3n) is 9.73. The number of nitrogens with one attached hydrogen (secondary N) is 2. The van der Waals surface area contributed by atoms with Crippen molar-refractivity contribution in [2.45, 2.75) is 73.9 Å². The zero-order valence-corrected chi connectivity index (χ0v) is 31.7. The number of hydrogen-bond donors (Lipinski definition) is 3. The second-order valence-corrected chi connectivity index (χ2v) is 18.1. The van der Waals surface area contributed by atoms with Gasteiger partial charge < -0.3 is 34.1 Å². The number of rotatable bonds is 17. The number of halogens is 1. The molecule has 3 aliphatic rings. The maximum absolute atomic E-state index is 14.4. The van der Waals surface area contributed by atoms with Crippen LogP contribution in [0.2, 0.25) is 0 Å². The van der Waals surface area contributed by atoms with Crippen molar-refractivity contribution in [2.75, 3.05) is 39.6 Å². The number of carbonyl (C=O) groups is 1. The van der Waals surface area contributed by atoms with Gasteiger partial charge in [-0.3, -0.25) is 0 Å². The average Bonchev–Trinajstić information content (AvgIpc) is 3.89. The highest BCUT2D eigenvalue weighted by molar-refractivity contribution is 7.89. The molecule has 0 radical (unpaired) electrons. The Morgan fingerprint density at radius 3 is 2.48 bits per heavy atom. The van der Waals surface area contributed by atoms with Gasteiger partial charge in [0.05, 0.1) is 41.1 Å². The van der Waals surface area contributed by atoms with Crippen molar-refractivity contribution in [3.8, 4) is 11.5 Å². The third kappa shape index (κ3) is 9.87. The minimum Gasteiger partial charge on any atom is -0.454 e. The summed E-state index contributed by atoms with van der Waals surface area (Å²) in [5.41, 5.74) is 0.0672. The molecule has 0 saturated carbocycles. The molecule has 294 valence electrons. The van der Waals surface area contributed by atoms with E-state index in [0.717, 1.165) is 17.7 Å². The lowest BCUT2D eigenvalue weighted by molar-refractivity contribution is -0.0907. The van der Waals surface area contributed by atoms with Crippen LogP contribution in [0.1, 0.15) is 38.7 Å². The van der Waals surface area contributed by atoms with Gasteiger partial charge in [-0.15, -0.1) is 0 Å². The Kier molecular flexibility index (Phi) is 12.5. The van der Waals surface area contributed by atoms with Gasteiger partial charge in [-0.05, 0) is 73.1 Å². The summed E-state index contributed by atoms with van der Waals surface area (Å²) in [6, 6.07) is 17.0. The monoisotopic (exact) mass is 791 g/mol. The number of carbonyl (C=O) groups excluding carboxylic acids is 1. The molecule has 2 fully saturated rings. The molecular formula is C37H46FN3O11S2. The number of aliphatic hydroxyl groups is 1. The van der Waals surface area contributed by atoms with Crippen LogP contribution in [0.5, 0.6) is 11.5 Å². The Balaban J connectivity index is 1.18. The molecule has 3 aliphatic heterocycles. The van der Waals surface area contributed by atoms with E-state index in [9.17, 15) is 31.1 Å². The number of aliphatic hydroxyl groups excluding tert-OH is 1. The first kappa shape index (κ1) is 39.8. The lowest BCUT2D eigenvalue weighted by Crippen LogP contribution is -2.52. The summed E-state index contributed by atoms with van der Waals surface area (Å²) >= 11 is 0. The standard InChI is InChI=1S/C37H46FN3O11S2/c1-37(2,16-6-17-39-53(44,45)27-11-9-26(38)10-12-27)23-41(54(46,47)28-13-14-32-33(20-28)51-24-50-32)21-31(42)30(19-25-7-4-3-5-8-25)40-36(43)52-34-22-49-35-29(34)15-18-48-35/h3-5,7-14,20,29-31,34-35,39,42H,6,15-19,21-24H2,1-2H3,(H,40,43)/t29-,30-,31+,34-,35+/m0/s1. The summed E-state index contributed by atoms with van der Waals surface area (Å²) in [5.74, 6) is 0.00936. The molecule has 0 unspecified atom stereocenters. The van der Waals surface area contributed by atoms with Gasteiger partial charge in [-0.1, -0.05) is 44.2 Å². The molecular weight excluding hydrogens is 746 g/mol. The van der Waals surface area contributed by atoms with Gasteiger partial charge in [0, 0.05) is 25.7 Å². The van der Waals surface area contributed by atoms with Gasteiger partial charge in [-0.25, -0.2) is 30.7 Å². The third-order valence-corrected chi connectivity index (χ3v) is 13.0. The van der Waals surface area contributed by atoms with Crippen molar-refractivity contribution in [3.05, 3.63) is 84.2 Å². The summed E-state index contributed by atoms with van der Waals surface area (Å²) in [5, 5.41) is 14.6. The molecule has 3 aromatic carbocycles. The number of amides is 1. The van der Waals surface area contributed by atoms with Gasteiger partial charge in [0.15, 0.2) is 17.8 Å². The van der Waals surface area contributed by atoms with Crippen LogP contribution in [-0.2, 0) is 40.7 Å². The lowest BCUT2D eigenvalue weighted by Gasteiger charge is -2.35. The highest BCUT2D eigenvalue weighted by Gasteiger charge is 2.44. The molecule has 17 heteroatoms. The topological polar surface area (TPSA) is 179 Å². The van der Waals surface area contributed by atoms with E-state index < -0.39 is 68.5 Å². The molecule has 0 aliphatic carbocycles. The highest BCUT2D eigenvalue weighted by atomic mass is 32.2. The number of hydrogen-bond acceptors (Lipinski definition) is 11. The Morgan fingerprint density at radius 1 is 1.00 bits per heavy atom. The normalized spacial score (nSPS) is 20.8. The minimum atomic E-state index is -4.29. The first-order valence-electron chi connectivity index (χ1n) is 17.8. The molecule has 1 amide bonds. The number of sulfonamides is 2. The van der Waals surface area contributed by atoms with Crippen LogP contribution in [0.15, 0.2) is 82.6 Å². The molecule has 14 nitrogen and oxygen atoms in total. The summed E-state index contributed by atoms with van der Waals surface area (Å²) in [7, 11) is -8.18. The zero-order valence-electron chi connectivity index (χ0n) is 30.1. The molecule has 54 heavy (non-hydrogen) atoms. The number of alkyl carbamates (subject to hydrolysis) is 1. The fourth-order valence-corrected chi connectivity index (χ4v) is 9.56. The first-order valence-corrected chi connectivity index (χ1v) is 20.7. The fourth-order valence-electron chi connectivity index (χ4n) is 6.82. The predicted molar refractivity (Wildman–Crippen MR) is 193 cm³/mol. The highest BCUT2D eigenvalue weighted by Crippen LogP contribution is 2.36. The van der Waals surface area contributed by atoms with Gasteiger partial charge in [0.25, 0.3) is 0 Å². The minimum absolute atomic E-state index is 0.0472. The Labute approximate surface area is 315 Å². The van der Waals surface area contributed by atoms with Crippen molar-refractivity contribution in [1.82, 2.24) is 14.3 Å². The zero-order chi connectivity index (χ0) is 38.5. The van der Waals surface area contributed by atoms with Crippen LogP contribution in [0.4, 0.5) is 9.18 Å². The second kappa shape index (κ2) is 16.9. The average molecular weight is 792 g/mol. The second-order valence-electron chi connectivity index (χ2n) is 14.4. The maximum Gasteiger partial charge on any atom is 0.407 e. The fraction of sp³-hybridized carbons (Fsp3) is 0.486. The summed E-state index contributed by atoms with van der Waals surface area (Å²) in [4.78, 5) is 13.1. The van der Waals surface area contributed by atoms with Crippen LogP contribution in [0, 0.1) is 17.2 Å². The SMILES string of the molecule is CC(C)(CCCNS(=O)(=O)c1ccc(F)cc1)CN(C[C@@H](O)[C@H](Cc1ccccc1)NC(=O)O[C@H]1CO[C@H]2OCC[C@H]21)S(=O)(=O)c1ccc2c(c1)OCO2. The van der Waals surface area contributed by atoms with Crippen molar-refractivity contribution in [3.63, 3.8) is 0 Å². The molecule has 2 saturated heterocycles. The Morgan fingerprint density at radius 2 is 1.72 bits per heavy atom. The van der Waals surface area contributed by atoms with E-state index in [2.05, 4.69) is 10.0 Å². The molecule has 0 aromatic heterocycles. The predicted octanol–water partition coefficient (Wildman–Crippen LogP) is 3.79. The number of benzene rings is 3.